The summed E-state index contributed by atoms with van der Waals surface area (Å²) >= 11 is 0. The van der Waals surface area contributed by atoms with Gasteiger partial charge in [0, 0.05) is 5.56 Å². The summed E-state index contributed by atoms with van der Waals surface area (Å²) in [5, 5.41) is 13.5. The highest BCUT2D eigenvalue weighted by Crippen LogP contribution is 2.13. The first kappa shape index (κ1) is 17.0. The molecule has 0 bridgehead atoms. The van der Waals surface area contributed by atoms with Gasteiger partial charge in [-0.3, -0.25) is 4.79 Å². The van der Waals surface area contributed by atoms with Crippen LogP contribution in [0.3, 0.4) is 0 Å². The number of carbonyl (C=O) groups excluding carboxylic acids is 2. The second kappa shape index (κ2) is 8.29. The number of amides is 1. The molecule has 0 aliphatic carbocycles. The molecule has 0 spiro atoms. The number of hydrogen-bond donors (Lipinski definition) is 1. The van der Waals surface area contributed by atoms with Gasteiger partial charge in [-0.2, -0.15) is 0 Å². The van der Waals surface area contributed by atoms with E-state index in [0.717, 1.165) is 6.42 Å². The quantitative estimate of drug-likeness (QED) is 0.785. The molecule has 1 aromatic rings. The van der Waals surface area contributed by atoms with E-state index in [1.165, 1.54) is 0 Å². The molecule has 1 aromatic carbocycles. The lowest BCUT2D eigenvalue weighted by Crippen LogP contribution is -2.48. The van der Waals surface area contributed by atoms with Crippen molar-refractivity contribution in [1.82, 2.24) is 5.32 Å². The minimum Gasteiger partial charge on any atom is -0.548 e. The fourth-order valence-electron chi connectivity index (χ4n) is 1.85. The van der Waals surface area contributed by atoms with Gasteiger partial charge in [-0.25, -0.2) is 0 Å². The third-order valence-corrected chi connectivity index (χ3v) is 2.89. The largest absolute Gasteiger partial charge is 0.548 e. The summed E-state index contributed by atoms with van der Waals surface area (Å²) in [6.45, 7) is 6.41. The van der Waals surface area contributed by atoms with Crippen molar-refractivity contribution < 1.29 is 19.4 Å². The molecule has 1 N–H and O–H groups in total. The number of benzene rings is 1. The normalized spacial score (nSPS) is 12.0. The number of carboxylic acids is 1. The molecule has 0 saturated carbocycles. The maximum Gasteiger partial charge on any atom is 0.251 e. The van der Waals surface area contributed by atoms with Gasteiger partial charge in [0.05, 0.1) is 18.6 Å². The lowest BCUT2D eigenvalue weighted by Gasteiger charge is -2.21. The van der Waals surface area contributed by atoms with E-state index in [0.29, 0.717) is 24.3 Å². The third kappa shape index (κ3) is 5.85. The van der Waals surface area contributed by atoms with Crippen LogP contribution in [0, 0.1) is 5.92 Å². The Hall–Kier alpha value is -2.04. The zero-order valence-corrected chi connectivity index (χ0v) is 12.7. The topological polar surface area (TPSA) is 78.5 Å². The van der Waals surface area contributed by atoms with E-state index in [4.69, 9.17) is 4.74 Å². The van der Waals surface area contributed by atoms with Crippen LogP contribution in [-0.2, 0) is 4.79 Å². The van der Waals surface area contributed by atoms with Gasteiger partial charge in [0.15, 0.2) is 0 Å². The zero-order valence-electron chi connectivity index (χ0n) is 12.7. The van der Waals surface area contributed by atoms with Gasteiger partial charge in [-0.05, 0) is 43.0 Å². The summed E-state index contributed by atoms with van der Waals surface area (Å²) in [6, 6.07) is 5.64. The molecular formula is C16H22NO4-. The highest BCUT2D eigenvalue weighted by Gasteiger charge is 2.16. The first-order chi connectivity index (χ1) is 9.93. The van der Waals surface area contributed by atoms with E-state index in [1.54, 1.807) is 24.3 Å². The molecule has 0 heterocycles. The Labute approximate surface area is 125 Å². The molecular weight excluding hydrogens is 270 g/mol. The van der Waals surface area contributed by atoms with Crippen molar-refractivity contribution in [2.24, 2.45) is 5.92 Å². The molecule has 0 fully saturated rings. The maximum atomic E-state index is 12.0. The number of aliphatic carboxylic acids is 1. The number of rotatable bonds is 8. The number of ether oxygens (including phenoxy) is 1. The van der Waals surface area contributed by atoms with Crippen molar-refractivity contribution in [3.8, 4) is 5.75 Å². The molecule has 0 saturated heterocycles. The second-order valence-electron chi connectivity index (χ2n) is 5.35. The fourth-order valence-corrected chi connectivity index (χ4v) is 1.85. The average Bonchev–Trinajstić information content (AvgIpc) is 2.44. The molecule has 0 unspecified atom stereocenters. The van der Waals surface area contributed by atoms with E-state index in [1.807, 2.05) is 20.8 Å². The van der Waals surface area contributed by atoms with E-state index < -0.39 is 17.9 Å². The molecule has 0 aliphatic heterocycles. The molecule has 1 atom stereocenters. The SMILES string of the molecule is CCCOc1ccc(C(=O)N[C@H](CC(C)C)C(=O)[O-])cc1. The Morgan fingerprint density at radius 2 is 1.86 bits per heavy atom. The van der Waals surface area contributed by atoms with Crippen LogP contribution in [0.15, 0.2) is 24.3 Å². The molecule has 116 valence electrons. The smallest absolute Gasteiger partial charge is 0.251 e. The van der Waals surface area contributed by atoms with Crippen LogP contribution in [0.5, 0.6) is 5.75 Å². The van der Waals surface area contributed by atoms with E-state index >= 15 is 0 Å². The van der Waals surface area contributed by atoms with Crippen molar-refractivity contribution in [3.05, 3.63) is 29.8 Å². The van der Waals surface area contributed by atoms with Gasteiger partial charge in [0.2, 0.25) is 0 Å². The van der Waals surface area contributed by atoms with Crippen LogP contribution in [0.25, 0.3) is 0 Å². The van der Waals surface area contributed by atoms with E-state index in [2.05, 4.69) is 5.32 Å². The molecule has 21 heavy (non-hydrogen) atoms. The summed E-state index contributed by atoms with van der Waals surface area (Å²) in [4.78, 5) is 23.1. The van der Waals surface area contributed by atoms with Gasteiger partial charge < -0.3 is 20.0 Å². The van der Waals surface area contributed by atoms with Crippen LogP contribution >= 0.6 is 0 Å². The molecule has 1 rings (SSSR count). The Morgan fingerprint density at radius 1 is 1.24 bits per heavy atom. The molecule has 5 nitrogen and oxygen atoms in total. The maximum absolute atomic E-state index is 12.0. The number of nitrogens with one attached hydrogen (secondary N) is 1. The summed E-state index contributed by atoms with van der Waals surface area (Å²) in [6.07, 6.45) is 1.25. The fraction of sp³-hybridized carbons (Fsp3) is 0.500. The summed E-state index contributed by atoms with van der Waals surface area (Å²) in [5.41, 5.74) is 0.397. The lowest BCUT2D eigenvalue weighted by atomic mass is 10.0. The monoisotopic (exact) mass is 292 g/mol. The van der Waals surface area contributed by atoms with Crippen molar-refractivity contribution in [3.63, 3.8) is 0 Å². The van der Waals surface area contributed by atoms with Crippen LogP contribution < -0.4 is 15.2 Å². The summed E-state index contributed by atoms with van der Waals surface area (Å²) in [5.74, 6) is -0.850. The first-order valence-corrected chi connectivity index (χ1v) is 7.18. The highest BCUT2D eigenvalue weighted by molar-refractivity contribution is 5.96. The van der Waals surface area contributed by atoms with Gasteiger partial charge in [0.25, 0.3) is 5.91 Å². The lowest BCUT2D eigenvalue weighted by molar-refractivity contribution is -0.308. The first-order valence-electron chi connectivity index (χ1n) is 7.18. The second-order valence-corrected chi connectivity index (χ2v) is 5.35. The Kier molecular flexibility index (Phi) is 6.72. The number of carboxylic acid groups (broad SMARTS) is 1. The van der Waals surface area contributed by atoms with E-state index in [-0.39, 0.29) is 5.92 Å². The summed E-state index contributed by atoms with van der Waals surface area (Å²) < 4.78 is 5.43. The third-order valence-electron chi connectivity index (χ3n) is 2.89. The molecule has 0 aliphatic rings. The van der Waals surface area contributed by atoms with Gasteiger partial charge in [0.1, 0.15) is 5.75 Å². The molecule has 0 radical (unpaired) electrons. The Morgan fingerprint density at radius 3 is 2.33 bits per heavy atom. The zero-order chi connectivity index (χ0) is 15.8. The summed E-state index contributed by atoms with van der Waals surface area (Å²) in [7, 11) is 0. The van der Waals surface area contributed by atoms with Gasteiger partial charge >= 0.3 is 0 Å². The highest BCUT2D eigenvalue weighted by atomic mass is 16.5. The molecule has 1 amide bonds. The number of hydrogen-bond acceptors (Lipinski definition) is 4. The Bertz CT molecular complexity index is 468. The predicted molar refractivity (Wildman–Crippen MR) is 77.9 cm³/mol. The minimum atomic E-state index is -1.26. The van der Waals surface area contributed by atoms with Crippen molar-refractivity contribution in [2.45, 2.75) is 39.7 Å². The number of carbonyl (C=O) groups is 2. The standard InChI is InChI=1S/C16H23NO4/c1-4-9-21-13-7-5-12(6-8-13)15(18)17-14(16(19)20)10-11(2)3/h5-8,11,14H,4,9-10H2,1-3H3,(H,17,18)(H,19,20)/p-1/t14-/m1/s1. The Balaban J connectivity index is 2.67. The van der Waals surface area contributed by atoms with Gasteiger partial charge in [-0.15, -0.1) is 0 Å². The van der Waals surface area contributed by atoms with Crippen LogP contribution in [0.1, 0.15) is 44.0 Å². The molecule has 5 heteroatoms. The minimum absolute atomic E-state index is 0.151. The van der Waals surface area contributed by atoms with Crippen molar-refractivity contribution in [2.75, 3.05) is 6.61 Å². The van der Waals surface area contributed by atoms with Crippen LogP contribution in [-0.4, -0.2) is 24.5 Å². The van der Waals surface area contributed by atoms with Crippen LogP contribution in [0.2, 0.25) is 0 Å². The van der Waals surface area contributed by atoms with Crippen LogP contribution in [0.4, 0.5) is 0 Å². The predicted octanol–water partition coefficient (Wildman–Crippen LogP) is 1.37. The van der Waals surface area contributed by atoms with Crippen molar-refractivity contribution in [1.29, 1.82) is 0 Å². The van der Waals surface area contributed by atoms with Gasteiger partial charge in [-0.1, -0.05) is 20.8 Å². The average molecular weight is 292 g/mol. The van der Waals surface area contributed by atoms with Crippen molar-refractivity contribution >= 4 is 11.9 Å². The van der Waals surface area contributed by atoms with E-state index in [9.17, 15) is 14.7 Å². The molecule has 0 aromatic heterocycles.